The number of aryl methyl sites for hydroxylation is 2. The van der Waals surface area contributed by atoms with Crippen LogP contribution in [0.1, 0.15) is 12.1 Å². The van der Waals surface area contributed by atoms with E-state index < -0.39 is 0 Å². The summed E-state index contributed by atoms with van der Waals surface area (Å²) in [6.45, 7) is 7.32. The van der Waals surface area contributed by atoms with Crippen LogP contribution in [0.2, 0.25) is 0 Å². The predicted molar refractivity (Wildman–Crippen MR) is 106 cm³/mol. The van der Waals surface area contributed by atoms with E-state index in [-0.39, 0.29) is 5.56 Å². The second kappa shape index (κ2) is 7.84. The molecule has 0 unspecified atom stereocenters. The van der Waals surface area contributed by atoms with Gasteiger partial charge in [0.05, 0.1) is 11.0 Å². The van der Waals surface area contributed by atoms with Crippen LogP contribution in [0.15, 0.2) is 47.5 Å². The van der Waals surface area contributed by atoms with E-state index in [9.17, 15) is 4.79 Å². The standard InChI is InChI=1S/C20H24N6O/c1-16-19(27)26(18-7-3-2-6-17(18)23-16)11-5-10-24-12-14-25(15-13-24)20-21-8-4-9-22-20/h2-4,6-9H,5,10-15H2,1H3. The normalized spacial score (nSPS) is 15.4. The Balaban J connectivity index is 1.35. The van der Waals surface area contributed by atoms with E-state index in [0.717, 1.165) is 56.1 Å². The SMILES string of the molecule is Cc1nc2ccccc2n(CCCN2CCN(c3ncccn3)CC2)c1=O. The van der Waals surface area contributed by atoms with Crippen molar-refractivity contribution in [3.8, 4) is 0 Å². The Morgan fingerprint density at radius 3 is 2.48 bits per heavy atom. The molecule has 7 heteroatoms. The fraction of sp³-hybridized carbons (Fsp3) is 0.400. The lowest BCUT2D eigenvalue weighted by Crippen LogP contribution is -2.47. The van der Waals surface area contributed by atoms with Gasteiger partial charge in [0.2, 0.25) is 5.95 Å². The number of anilines is 1. The molecule has 0 amide bonds. The van der Waals surface area contributed by atoms with Gasteiger partial charge in [-0.05, 0) is 38.1 Å². The van der Waals surface area contributed by atoms with Gasteiger partial charge in [-0.1, -0.05) is 12.1 Å². The molecule has 0 bridgehead atoms. The molecule has 0 aliphatic carbocycles. The number of fused-ring (bicyclic) bond motifs is 1. The van der Waals surface area contributed by atoms with Crippen molar-refractivity contribution in [3.63, 3.8) is 0 Å². The van der Waals surface area contributed by atoms with E-state index in [1.165, 1.54) is 0 Å². The molecule has 2 aromatic heterocycles. The largest absolute Gasteiger partial charge is 0.338 e. The summed E-state index contributed by atoms with van der Waals surface area (Å²) in [5, 5.41) is 0. The minimum atomic E-state index is 0.0137. The Hall–Kier alpha value is -2.80. The molecule has 1 saturated heterocycles. The van der Waals surface area contributed by atoms with Crippen LogP contribution in [-0.4, -0.2) is 57.1 Å². The summed E-state index contributed by atoms with van der Waals surface area (Å²) in [6, 6.07) is 9.69. The zero-order valence-electron chi connectivity index (χ0n) is 15.6. The van der Waals surface area contributed by atoms with Crippen molar-refractivity contribution in [1.82, 2.24) is 24.4 Å². The highest BCUT2D eigenvalue weighted by Gasteiger charge is 2.18. The number of benzene rings is 1. The molecular weight excluding hydrogens is 340 g/mol. The summed E-state index contributed by atoms with van der Waals surface area (Å²) in [5.74, 6) is 0.808. The van der Waals surface area contributed by atoms with Crippen molar-refractivity contribution in [1.29, 1.82) is 0 Å². The molecule has 3 heterocycles. The summed E-state index contributed by atoms with van der Waals surface area (Å²) in [4.78, 5) is 30.3. The van der Waals surface area contributed by atoms with Crippen LogP contribution in [0, 0.1) is 6.92 Å². The van der Waals surface area contributed by atoms with Gasteiger partial charge in [-0.2, -0.15) is 0 Å². The van der Waals surface area contributed by atoms with Crippen LogP contribution in [0.5, 0.6) is 0 Å². The Labute approximate surface area is 158 Å². The first-order chi connectivity index (χ1) is 13.2. The van der Waals surface area contributed by atoms with Gasteiger partial charge in [-0.15, -0.1) is 0 Å². The van der Waals surface area contributed by atoms with Crippen LogP contribution < -0.4 is 10.5 Å². The second-order valence-corrected chi connectivity index (χ2v) is 6.87. The van der Waals surface area contributed by atoms with Gasteiger partial charge in [0.1, 0.15) is 5.69 Å². The van der Waals surface area contributed by atoms with Crippen LogP contribution in [0.4, 0.5) is 5.95 Å². The maximum Gasteiger partial charge on any atom is 0.272 e. The molecule has 4 rings (SSSR count). The fourth-order valence-electron chi connectivity index (χ4n) is 3.62. The molecule has 0 spiro atoms. The number of hydrogen-bond donors (Lipinski definition) is 0. The number of para-hydroxylation sites is 2. The molecule has 0 radical (unpaired) electrons. The third-order valence-electron chi connectivity index (χ3n) is 5.08. The average Bonchev–Trinajstić information content (AvgIpc) is 2.72. The summed E-state index contributed by atoms with van der Waals surface area (Å²) in [6.07, 6.45) is 4.51. The molecule has 1 aliphatic rings. The van der Waals surface area contributed by atoms with Crippen molar-refractivity contribution in [3.05, 3.63) is 58.8 Å². The second-order valence-electron chi connectivity index (χ2n) is 6.87. The van der Waals surface area contributed by atoms with Gasteiger partial charge >= 0.3 is 0 Å². The Morgan fingerprint density at radius 1 is 0.963 bits per heavy atom. The summed E-state index contributed by atoms with van der Waals surface area (Å²) in [5.41, 5.74) is 2.37. The minimum Gasteiger partial charge on any atom is -0.338 e. The number of rotatable bonds is 5. The summed E-state index contributed by atoms with van der Waals surface area (Å²) >= 11 is 0. The van der Waals surface area contributed by atoms with E-state index in [4.69, 9.17) is 0 Å². The van der Waals surface area contributed by atoms with Gasteiger partial charge in [-0.3, -0.25) is 9.69 Å². The van der Waals surface area contributed by atoms with E-state index in [0.29, 0.717) is 12.2 Å². The highest BCUT2D eigenvalue weighted by molar-refractivity contribution is 5.74. The monoisotopic (exact) mass is 364 g/mol. The van der Waals surface area contributed by atoms with Crippen molar-refractivity contribution in [2.24, 2.45) is 0 Å². The topological polar surface area (TPSA) is 67.2 Å². The summed E-state index contributed by atoms with van der Waals surface area (Å²) < 4.78 is 1.87. The molecule has 0 N–H and O–H groups in total. The first kappa shape index (κ1) is 17.6. The third-order valence-corrected chi connectivity index (χ3v) is 5.08. The molecular formula is C20H24N6O. The highest BCUT2D eigenvalue weighted by Crippen LogP contribution is 2.12. The van der Waals surface area contributed by atoms with Crippen LogP contribution in [0.3, 0.4) is 0 Å². The van der Waals surface area contributed by atoms with Gasteiger partial charge in [0.25, 0.3) is 5.56 Å². The van der Waals surface area contributed by atoms with E-state index >= 15 is 0 Å². The minimum absolute atomic E-state index is 0.0137. The van der Waals surface area contributed by atoms with Crippen LogP contribution >= 0.6 is 0 Å². The lowest BCUT2D eigenvalue weighted by Gasteiger charge is -2.34. The Bertz CT molecular complexity index is 963. The lowest BCUT2D eigenvalue weighted by molar-refractivity contribution is 0.249. The molecule has 0 saturated carbocycles. The lowest BCUT2D eigenvalue weighted by atomic mass is 10.2. The predicted octanol–water partition coefficient (Wildman–Crippen LogP) is 1.71. The van der Waals surface area contributed by atoms with Crippen LogP contribution in [-0.2, 0) is 6.54 Å². The van der Waals surface area contributed by atoms with Gasteiger partial charge in [-0.25, -0.2) is 15.0 Å². The molecule has 7 nitrogen and oxygen atoms in total. The zero-order valence-corrected chi connectivity index (χ0v) is 15.6. The average molecular weight is 364 g/mol. The van der Waals surface area contributed by atoms with Crippen molar-refractivity contribution >= 4 is 17.0 Å². The van der Waals surface area contributed by atoms with Crippen molar-refractivity contribution in [2.45, 2.75) is 19.9 Å². The molecule has 1 aromatic carbocycles. The maximum atomic E-state index is 12.5. The maximum absolute atomic E-state index is 12.5. The number of aromatic nitrogens is 4. The van der Waals surface area contributed by atoms with Crippen LogP contribution in [0.25, 0.3) is 11.0 Å². The molecule has 27 heavy (non-hydrogen) atoms. The molecule has 1 fully saturated rings. The number of nitrogens with zero attached hydrogens (tertiary/aromatic N) is 6. The summed E-state index contributed by atoms with van der Waals surface area (Å²) in [7, 11) is 0. The molecule has 140 valence electrons. The van der Waals surface area contributed by atoms with Gasteiger partial charge in [0.15, 0.2) is 0 Å². The molecule has 0 atom stereocenters. The Kier molecular flexibility index (Phi) is 5.11. The van der Waals surface area contributed by atoms with Crippen molar-refractivity contribution in [2.75, 3.05) is 37.6 Å². The number of hydrogen-bond acceptors (Lipinski definition) is 6. The molecule has 1 aliphatic heterocycles. The van der Waals surface area contributed by atoms with Crippen molar-refractivity contribution < 1.29 is 0 Å². The van der Waals surface area contributed by atoms with E-state index in [2.05, 4.69) is 24.8 Å². The van der Waals surface area contributed by atoms with Gasteiger partial charge in [0, 0.05) is 45.1 Å². The third kappa shape index (κ3) is 3.83. The number of piperazine rings is 1. The smallest absolute Gasteiger partial charge is 0.272 e. The first-order valence-electron chi connectivity index (χ1n) is 9.43. The Morgan fingerprint density at radius 2 is 1.70 bits per heavy atom. The van der Waals surface area contributed by atoms with E-state index in [1.54, 1.807) is 19.3 Å². The highest BCUT2D eigenvalue weighted by atomic mass is 16.1. The fourth-order valence-corrected chi connectivity index (χ4v) is 3.62. The molecule has 3 aromatic rings. The first-order valence-corrected chi connectivity index (χ1v) is 9.43. The van der Waals surface area contributed by atoms with Gasteiger partial charge < -0.3 is 9.47 Å². The quantitative estimate of drug-likeness (QED) is 0.687. The van der Waals surface area contributed by atoms with E-state index in [1.807, 2.05) is 34.9 Å². The zero-order chi connectivity index (χ0) is 18.6.